The van der Waals surface area contributed by atoms with Crippen LogP contribution in [0.5, 0.6) is 0 Å². The molecule has 3 rings (SSSR count). The summed E-state index contributed by atoms with van der Waals surface area (Å²) in [5.74, 6) is 1.05. The normalized spacial score (nSPS) is 17.2. The Labute approximate surface area is 129 Å². The maximum absolute atomic E-state index is 5.92. The molecule has 1 aliphatic carbocycles. The highest BCUT2D eigenvalue weighted by Gasteiger charge is 2.21. The second kappa shape index (κ2) is 6.43. The van der Waals surface area contributed by atoms with E-state index >= 15 is 0 Å². The molecule has 0 saturated heterocycles. The molecule has 6 nitrogen and oxygen atoms in total. The van der Waals surface area contributed by atoms with Gasteiger partial charge >= 0.3 is 0 Å². The van der Waals surface area contributed by atoms with Crippen LogP contribution in [-0.4, -0.2) is 23.3 Å². The van der Waals surface area contributed by atoms with Crippen LogP contribution in [0.3, 0.4) is 0 Å². The predicted octanol–water partition coefficient (Wildman–Crippen LogP) is 2.53. The van der Waals surface area contributed by atoms with Gasteiger partial charge in [0.05, 0.1) is 17.8 Å². The number of oxime groups is 1. The molecule has 1 atom stereocenters. The molecule has 22 heavy (non-hydrogen) atoms. The van der Waals surface area contributed by atoms with Crippen molar-refractivity contribution >= 4 is 17.9 Å². The van der Waals surface area contributed by atoms with Crippen LogP contribution in [-0.2, 0) is 11.3 Å². The second-order valence-electron chi connectivity index (χ2n) is 5.23. The number of benzene rings is 1. The summed E-state index contributed by atoms with van der Waals surface area (Å²) in [6.07, 6.45) is 6.32. The van der Waals surface area contributed by atoms with E-state index in [1.165, 1.54) is 30.8 Å². The molecule has 0 amide bonds. The Hall–Kier alpha value is -2.63. The van der Waals surface area contributed by atoms with Crippen LogP contribution < -0.4 is 11.1 Å². The minimum atomic E-state index is 0.217. The quantitative estimate of drug-likeness (QED) is 0.669. The lowest BCUT2D eigenvalue weighted by Crippen LogP contribution is -2.19. The Bertz CT molecular complexity index is 686. The first-order valence-electron chi connectivity index (χ1n) is 7.31. The van der Waals surface area contributed by atoms with Gasteiger partial charge in [0, 0.05) is 0 Å². The largest absolute Gasteiger partial charge is 0.399 e. The summed E-state index contributed by atoms with van der Waals surface area (Å²) in [4.78, 5) is 13.1. The van der Waals surface area contributed by atoms with Crippen molar-refractivity contribution in [3.8, 4) is 0 Å². The van der Waals surface area contributed by atoms with Gasteiger partial charge in [-0.2, -0.15) is 0 Å². The van der Waals surface area contributed by atoms with Crippen LogP contribution in [0.25, 0.3) is 0 Å². The zero-order valence-corrected chi connectivity index (χ0v) is 12.5. The molecule has 0 fully saturated rings. The Morgan fingerprint density at radius 2 is 2.23 bits per heavy atom. The molecule has 0 bridgehead atoms. The number of hydrogen-bond donors (Lipinski definition) is 2. The van der Waals surface area contributed by atoms with E-state index in [-0.39, 0.29) is 6.04 Å². The molecule has 1 aromatic heterocycles. The molecule has 3 N–H and O–H groups in total. The number of hydrogen-bond acceptors (Lipinski definition) is 6. The molecule has 1 aromatic carbocycles. The summed E-state index contributed by atoms with van der Waals surface area (Å²) in [5.41, 5.74) is 9.28. The average Bonchev–Trinajstić information content (AvgIpc) is 2.55. The van der Waals surface area contributed by atoms with Crippen molar-refractivity contribution in [2.75, 3.05) is 18.2 Å². The van der Waals surface area contributed by atoms with Gasteiger partial charge in [-0.15, -0.1) is 0 Å². The minimum Gasteiger partial charge on any atom is -0.399 e. The number of nitrogens with one attached hydrogen (secondary N) is 1. The number of fused-ring (bicyclic) bond motifs is 1. The zero-order chi connectivity index (χ0) is 15.4. The first-order valence-corrected chi connectivity index (χ1v) is 7.31. The minimum absolute atomic E-state index is 0.217. The SMILES string of the molecule is CO/N=C/c1c(N)ncnc1NC1CCCc2ccccc21. The van der Waals surface area contributed by atoms with Gasteiger partial charge in [-0.25, -0.2) is 9.97 Å². The molecule has 0 spiro atoms. The van der Waals surface area contributed by atoms with E-state index in [0.717, 1.165) is 19.3 Å². The van der Waals surface area contributed by atoms with Crippen molar-refractivity contribution in [1.82, 2.24) is 9.97 Å². The number of aromatic nitrogens is 2. The smallest absolute Gasteiger partial charge is 0.141 e. The third-order valence-electron chi connectivity index (χ3n) is 3.88. The Balaban J connectivity index is 1.91. The van der Waals surface area contributed by atoms with E-state index in [1.54, 1.807) is 0 Å². The Morgan fingerprint density at radius 1 is 1.36 bits per heavy atom. The number of rotatable bonds is 4. The molecule has 1 aliphatic rings. The Kier molecular flexibility index (Phi) is 4.18. The fourth-order valence-corrected chi connectivity index (χ4v) is 2.83. The van der Waals surface area contributed by atoms with Crippen molar-refractivity contribution in [3.63, 3.8) is 0 Å². The lowest BCUT2D eigenvalue weighted by molar-refractivity contribution is 0.215. The number of anilines is 2. The number of nitrogens with zero attached hydrogens (tertiary/aromatic N) is 3. The van der Waals surface area contributed by atoms with E-state index in [1.807, 2.05) is 0 Å². The van der Waals surface area contributed by atoms with Crippen LogP contribution in [0.2, 0.25) is 0 Å². The molecule has 2 aromatic rings. The standard InChI is InChI=1S/C16H19N5O/c1-22-20-9-13-15(17)18-10-19-16(13)21-14-8-4-6-11-5-2-3-7-12(11)14/h2-3,5,7,9-10,14H,4,6,8H2,1H3,(H3,17,18,19,21)/b20-9+. The fourth-order valence-electron chi connectivity index (χ4n) is 2.83. The van der Waals surface area contributed by atoms with E-state index < -0.39 is 0 Å². The maximum Gasteiger partial charge on any atom is 0.141 e. The van der Waals surface area contributed by atoms with Gasteiger partial charge in [-0.1, -0.05) is 29.4 Å². The van der Waals surface area contributed by atoms with Gasteiger partial charge in [-0.3, -0.25) is 0 Å². The molecule has 0 radical (unpaired) electrons. The average molecular weight is 297 g/mol. The molecular formula is C16H19N5O. The molecule has 0 saturated carbocycles. The van der Waals surface area contributed by atoms with Crippen molar-refractivity contribution in [1.29, 1.82) is 0 Å². The Morgan fingerprint density at radius 3 is 3.09 bits per heavy atom. The van der Waals surface area contributed by atoms with Crippen LogP contribution in [0.15, 0.2) is 35.7 Å². The molecule has 6 heteroatoms. The van der Waals surface area contributed by atoms with Crippen molar-refractivity contribution < 1.29 is 4.84 Å². The van der Waals surface area contributed by atoms with Crippen LogP contribution in [0.1, 0.15) is 35.6 Å². The molecule has 114 valence electrons. The summed E-state index contributed by atoms with van der Waals surface area (Å²) in [6, 6.07) is 8.72. The monoisotopic (exact) mass is 297 g/mol. The van der Waals surface area contributed by atoms with Gasteiger partial charge in [0.15, 0.2) is 0 Å². The van der Waals surface area contributed by atoms with Crippen molar-refractivity contribution in [2.24, 2.45) is 5.16 Å². The lowest BCUT2D eigenvalue weighted by Gasteiger charge is -2.27. The van der Waals surface area contributed by atoms with Crippen LogP contribution in [0, 0.1) is 0 Å². The number of nitrogens with two attached hydrogens (primary N) is 1. The highest BCUT2D eigenvalue weighted by molar-refractivity contribution is 5.91. The van der Waals surface area contributed by atoms with Gasteiger partial charge < -0.3 is 15.9 Å². The summed E-state index contributed by atoms with van der Waals surface area (Å²) < 4.78 is 0. The van der Waals surface area contributed by atoms with E-state index in [9.17, 15) is 0 Å². The van der Waals surface area contributed by atoms with Gasteiger partial charge in [-0.05, 0) is 30.4 Å². The molecular weight excluding hydrogens is 278 g/mol. The number of nitrogen functional groups attached to an aromatic ring is 1. The third-order valence-corrected chi connectivity index (χ3v) is 3.88. The third kappa shape index (κ3) is 2.86. The molecule has 1 heterocycles. The first kappa shape index (κ1) is 14.3. The van der Waals surface area contributed by atoms with E-state index in [0.29, 0.717) is 17.2 Å². The summed E-state index contributed by atoms with van der Waals surface area (Å²) in [5, 5.41) is 7.25. The van der Waals surface area contributed by atoms with Gasteiger partial charge in [0.25, 0.3) is 0 Å². The van der Waals surface area contributed by atoms with Crippen molar-refractivity contribution in [3.05, 3.63) is 47.3 Å². The predicted molar refractivity (Wildman–Crippen MR) is 86.8 cm³/mol. The van der Waals surface area contributed by atoms with Crippen LogP contribution in [0.4, 0.5) is 11.6 Å². The zero-order valence-electron chi connectivity index (χ0n) is 12.5. The van der Waals surface area contributed by atoms with Gasteiger partial charge in [0.2, 0.25) is 0 Å². The van der Waals surface area contributed by atoms with E-state index in [2.05, 4.69) is 44.7 Å². The van der Waals surface area contributed by atoms with Gasteiger partial charge in [0.1, 0.15) is 25.1 Å². The van der Waals surface area contributed by atoms with E-state index in [4.69, 9.17) is 10.6 Å². The summed E-state index contributed by atoms with van der Waals surface area (Å²) in [7, 11) is 1.49. The summed E-state index contributed by atoms with van der Waals surface area (Å²) >= 11 is 0. The van der Waals surface area contributed by atoms with Crippen molar-refractivity contribution in [2.45, 2.75) is 25.3 Å². The number of aryl methyl sites for hydroxylation is 1. The maximum atomic E-state index is 5.92. The first-order chi connectivity index (χ1) is 10.8. The fraction of sp³-hybridized carbons (Fsp3) is 0.312. The highest BCUT2D eigenvalue weighted by Crippen LogP contribution is 2.32. The molecule has 1 unspecified atom stereocenters. The highest BCUT2D eigenvalue weighted by atomic mass is 16.6. The second-order valence-corrected chi connectivity index (χ2v) is 5.23. The molecule has 0 aliphatic heterocycles. The van der Waals surface area contributed by atoms with Crippen LogP contribution >= 0.6 is 0 Å². The summed E-state index contributed by atoms with van der Waals surface area (Å²) in [6.45, 7) is 0. The topological polar surface area (TPSA) is 85.4 Å². The lowest BCUT2D eigenvalue weighted by atomic mass is 9.87.